The Kier molecular flexibility index (Phi) is 5.69. The van der Waals surface area contributed by atoms with Gasteiger partial charge in [0.05, 0.1) is 5.56 Å². The van der Waals surface area contributed by atoms with E-state index < -0.39 is 22.8 Å². The molecule has 1 N–H and O–H groups in total. The lowest BCUT2D eigenvalue weighted by molar-refractivity contribution is -0.149. The maximum Gasteiger partial charge on any atom is 0.255 e. The summed E-state index contributed by atoms with van der Waals surface area (Å²) in [7, 11) is 0. The molecule has 0 radical (unpaired) electrons. The summed E-state index contributed by atoms with van der Waals surface area (Å²) < 4.78 is 29.3. The van der Waals surface area contributed by atoms with Crippen molar-refractivity contribution in [2.75, 3.05) is 19.6 Å². The number of amidine groups is 1. The predicted octanol–water partition coefficient (Wildman–Crippen LogP) is 3.95. The Balaban J connectivity index is 1.28. The van der Waals surface area contributed by atoms with Gasteiger partial charge in [0.1, 0.15) is 28.6 Å². The fraction of sp³-hybridized carbons (Fsp3) is 0.333. The molecule has 9 heteroatoms. The van der Waals surface area contributed by atoms with Crippen LogP contribution in [-0.2, 0) is 9.59 Å². The van der Waals surface area contributed by atoms with Crippen LogP contribution in [0.5, 0.6) is 0 Å². The maximum absolute atomic E-state index is 15.6. The Morgan fingerprint density at radius 1 is 1.08 bits per heavy atom. The average molecular weight is 532 g/mol. The van der Waals surface area contributed by atoms with Gasteiger partial charge in [-0.25, -0.2) is 8.78 Å². The number of amides is 2. The summed E-state index contributed by atoms with van der Waals surface area (Å²) in [6.45, 7) is 4.46. The van der Waals surface area contributed by atoms with Crippen LogP contribution in [0.1, 0.15) is 42.6 Å². The Morgan fingerprint density at radius 3 is 2.46 bits per heavy atom. The molecule has 1 saturated heterocycles. The quantitative estimate of drug-likeness (QED) is 0.488. The minimum Gasteiger partial charge on any atom is -0.380 e. The molecule has 200 valence electrons. The van der Waals surface area contributed by atoms with Gasteiger partial charge in [0.15, 0.2) is 6.29 Å². The summed E-state index contributed by atoms with van der Waals surface area (Å²) in [4.78, 5) is 45.2. The van der Waals surface area contributed by atoms with Gasteiger partial charge in [-0.3, -0.25) is 24.3 Å². The normalized spacial score (nSPS) is 19.7. The molecule has 3 aromatic rings. The molecule has 3 aromatic carbocycles. The van der Waals surface area contributed by atoms with E-state index in [1.54, 1.807) is 43.0 Å². The summed E-state index contributed by atoms with van der Waals surface area (Å²) in [5, 5.41) is 11.2. The third-order valence-electron chi connectivity index (χ3n) is 7.88. The summed E-state index contributed by atoms with van der Waals surface area (Å²) >= 11 is 0. The van der Waals surface area contributed by atoms with Gasteiger partial charge in [0.2, 0.25) is 0 Å². The Bertz CT molecular complexity index is 1590. The molecular formula is C30H27F2N3O4. The zero-order valence-electron chi connectivity index (χ0n) is 21.6. The van der Waals surface area contributed by atoms with Crippen molar-refractivity contribution in [3.05, 3.63) is 71.3 Å². The summed E-state index contributed by atoms with van der Waals surface area (Å²) in [5.41, 5.74) is -0.831. The number of carbonyl (C=O) groups is 3. The number of carbonyl (C=O) groups excluding carboxylic acids is 3. The van der Waals surface area contributed by atoms with E-state index in [1.807, 2.05) is 0 Å². The van der Waals surface area contributed by atoms with Gasteiger partial charge >= 0.3 is 0 Å². The highest BCUT2D eigenvalue weighted by Crippen LogP contribution is 2.39. The van der Waals surface area contributed by atoms with Crippen LogP contribution < -0.4 is 0 Å². The molecule has 2 aliphatic heterocycles. The van der Waals surface area contributed by atoms with Crippen LogP contribution >= 0.6 is 0 Å². The first-order valence-corrected chi connectivity index (χ1v) is 12.9. The molecule has 1 aliphatic carbocycles. The van der Waals surface area contributed by atoms with Crippen molar-refractivity contribution in [3.8, 4) is 11.1 Å². The van der Waals surface area contributed by atoms with Crippen LogP contribution in [0.3, 0.4) is 0 Å². The number of aliphatic hydroxyl groups is 1. The molecule has 3 aliphatic rings. The fourth-order valence-electron chi connectivity index (χ4n) is 5.48. The first-order chi connectivity index (χ1) is 18.5. The molecular weight excluding hydrogens is 504 g/mol. The molecule has 0 unspecified atom stereocenters. The number of aldehydes is 1. The Labute approximate surface area is 223 Å². The van der Waals surface area contributed by atoms with Crippen molar-refractivity contribution in [1.29, 1.82) is 0 Å². The van der Waals surface area contributed by atoms with E-state index in [1.165, 1.54) is 29.2 Å². The number of halogens is 2. The third-order valence-corrected chi connectivity index (χ3v) is 7.88. The topological polar surface area (TPSA) is 90.3 Å². The van der Waals surface area contributed by atoms with E-state index in [0.717, 1.165) is 0 Å². The first-order valence-electron chi connectivity index (χ1n) is 12.9. The Hall–Kier alpha value is -3.98. The monoisotopic (exact) mass is 531 g/mol. The molecule has 2 heterocycles. The van der Waals surface area contributed by atoms with Crippen molar-refractivity contribution in [2.24, 2.45) is 10.9 Å². The number of benzene rings is 3. The van der Waals surface area contributed by atoms with Crippen molar-refractivity contribution >= 4 is 34.7 Å². The van der Waals surface area contributed by atoms with Crippen LogP contribution in [0.2, 0.25) is 0 Å². The van der Waals surface area contributed by atoms with Gasteiger partial charge in [0.25, 0.3) is 11.8 Å². The minimum absolute atomic E-state index is 0.0146. The SMILES string of the molecule is CC1(C)N=C(c2ccc(-c3ccc4cc(F)ccc4c3C=O)cc2F)N(CC2CN(C(=O)C3(O)CC3)C2)C1=O. The van der Waals surface area contributed by atoms with Gasteiger partial charge in [-0.2, -0.15) is 0 Å². The molecule has 0 aromatic heterocycles. The van der Waals surface area contributed by atoms with E-state index in [4.69, 9.17) is 0 Å². The molecule has 0 atom stereocenters. The van der Waals surface area contributed by atoms with Crippen LogP contribution in [0, 0.1) is 17.6 Å². The number of rotatable bonds is 6. The molecule has 0 spiro atoms. The molecule has 6 rings (SSSR count). The largest absolute Gasteiger partial charge is 0.380 e. The van der Waals surface area contributed by atoms with Crippen molar-refractivity contribution in [2.45, 2.75) is 37.8 Å². The second-order valence-electron chi connectivity index (χ2n) is 11.2. The highest BCUT2D eigenvalue weighted by atomic mass is 19.1. The van der Waals surface area contributed by atoms with Gasteiger partial charge < -0.3 is 10.0 Å². The van der Waals surface area contributed by atoms with Gasteiger partial charge in [0, 0.05) is 31.1 Å². The zero-order valence-corrected chi connectivity index (χ0v) is 21.6. The number of nitrogens with zero attached hydrogens (tertiary/aromatic N) is 3. The smallest absolute Gasteiger partial charge is 0.255 e. The molecule has 2 amide bonds. The average Bonchev–Trinajstić information content (AvgIpc) is 3.59. The second kappa shape index (κ2) is 8.77. The number of hydrogen-bond donors (Lipinski definition) is 1. The van der Waals surface area contributed by atoms with Crippen LogP contribution in [-0.4, -0.2) is 69.6 Å². The van der Waals surface area contributed by atoms with E-state index >= 15 is 4.39 Å². The lowest BCUT2D eigenvalue weighted by atomic mass is 9.94. The standard InChI is InChI=1S/C30H27F2N3O4/c1-29(2)27(37)35(15-17-13-34(14-17)28(38)30(39)9-10-30)26(33-29)23-7-4-19(12-25(23)32)21-6-3-18-11-20(31)5-8-22(18)24(21)16-36/h3-8,11-12,16-17,39H,9-10,13-15H2,1-2H3. The van der Waals surface area contributed by atoms with Crippen molar-refractivity contribution < 1.29 is 28.3 Å². The number of hydrogen-bond acceptors (Lipinski definition) is 5. The molecule has 39 heavy (non-hydrogen) atoms. The summed E-state index contributed by atoms with van der Waals surface area (Å²) in [5.74, 6) is -1.32. The number of fused-ring (bicyclic) bond motifs is 1. The maximum atomic E-state index is 15.6. The van der Waals surface area contributed by atoms with Crippen molar-refractivity contribution in [3.63, 3.8) is 0 Å². The van der Waals surface area contributed by atoms with Gasteiger partial charge in [-0.1, -0.05) is 24.3 Å². The van der Waals surface area contributed by atoms with E-state index in [0.29, 0.717) is 59.7 Å². The van der Waals surface area contributed by atoms with Crippen LogP contribution in [0.4, 0.5) is 8.78 Å². The molecule has 1 saturated carbocycles. The minimum atomic E-state index is -1.22. The zero-order chi connectivity index (χ0) is 27.7. The molecule has 7 nitrogen and oxygen atoms in total. The van der Waals surface area contributed by atoms with Crippen LogP contribution in [0.15, 0.2) is 53.5 Å². The summed E-state index contributed by atoms with van der Waals surface area (Å²) in [6.07, 6.45) is 1.63. The Morgan fingerprint density at radius 2 is 1.79 bits per heavy atom. The summed E-state index contributed by atoms with van der Waals surface area (Å²) in [6, 6.07) is 12.0. The molecule has 0 bridgehead atoms. The van der Waals surface area contributed by atoms with Crippen LogP contribution in [0.25, 0.3) is 21.9 Å². The first kappa shape index (κ1) is 25.3. The van der Waals surface area contributed by atoms with Gasteiger partial charge in [-0.15, -0.1) is 0 Å². The fourth-order valence-corrected chi connectivity index (χ4v) is 5.48. The number of aliphatic imine (C=N–C) groups is 1. The molecule has 2 fully saturated rings. The lowest BCUT2D eigenvalue weighted by Crippen LogP contribution is -2.58. The highest BCUT2D eigenvalue weighted by Gasteiger charge is 2.53. The van der Waals surface area contributed by atoms with E-state index in [2.05, 4.69) is 4.99 Å². The highest BCUT2D eigenvalue weighted by molar-refractivity contribution is 6.15. The second-order valence-corrected chi connectivity index (χ2v) is 11.2. The lowest BCUT2D eigenvalue weighted by Gasteiger charge is -2.42. The van der Waals surface area contributed by atoms with Gasteiger partial charge in [-0.05, 0) is 72.9 Å². The predicted molar refractivity (Wildman–Crippen MR) is 141 cm³/mol. The third kappa shape index (κ3) is 4.21. The van der Waals surface area contributed by atoms with E-state index in [-0.39, 0.29) is 35.7 Å². The van der Waals surface area contributed by atoms with E-state index in [9.17, 15) is 23.9 Å². The number of likely N-dealkylation sites (tertiary alicyclic amines) is 1. The van der Waals surface area contributed by atoms with Crippen molar-refractivity contribution in [1.82, 2.24) is 9.80 Å².